The van der Waals surface area contributed by atoms with Crippen LogP contribution in [0.4, 0.5) is 0 Å². The Kier molecular flexibility index (Phi) is 4.49. The van der Waals surface area contributed by atoms with E-state index in [9.17, 15) is 9.59 Å². The lowest BCUT2D eigenvalue weighted by molar-refractivity contribution is -0.145. The predicted octanol–water partition coefficient (Wildman–Crippen LogP) is 3.20. The van der Waals surface area contributed by atoms with Crippen molar-refractivity contribution in [2.45, 2.75) is 53.6 Å². The normalized spacial score (nSPS) is 23.3. The molecule has 0 aliphatic heterocycles. The third-order valence-electron chi connectivity index (χ3n) is 3.46. The Morgan fingerprint density at radius 1 is 1.33 bits per heavy atom. The summed E-state index contributed by atoms with van der Waals surface area (Å²) in [5.74, 6) is -0.227. The molecule has 1 atom stereocenters. The minimum absolute atomic E-state index is 0.0205. The fourth-order valence-electron chi connectivity index (χ4n) is 2.46. The fraction of sp³-hybridized carbons (Fsp3) is 0.600. The number of ketones is 1. The second-order valence-corrected chi connectivity index (χ2v) is 5.56. The maximum absolute atomic E-state index is 11.1. The van der Waals surface area contributed by atoms with E-state index in [0.29, 0.717) is 0 Å². The van der Waals surface area contributed by atoms with Gasteiger partial charge in [-0.25, -0.2) is 0 Å². The Labute approximate surface area is 109 Å². The zero-order valence-electron chi connectivity index (χ0n) is 11.9. The van der Waals surface area contributed by atoms with Crippen LogP contribution in [-0.2, 0) is 14.3 Å². The minimum atomic E-state index is -0.256. The number of esters is 1. The van der Waals surface area contributed by atoms with Gasteiger partial charge in [-0.2, -0.15) is 0 Å². The van der Waals surface area contributed by atoms with Crippen molar-refractivity contribution in [3.8, 4) is 0 Å². The molecule has 0 radical (unpaired) electrons. The Bertz CT molecular complexity index is 413. The number of hydrogen-bond acceptors (Lipinski definition) is 3. The predicted molar refractivity (Wildman–Crippen MR) is 71.1 cm³/mol. The summed E-state index contributed by atoms with van der Waals surface area (Å²) in [6, 6.07) is 0. The van der Waals surface area contributed by atoms with Crippen LogP contribution in [0.3, 0.4) is 0 Å². The number of rotatable bonds is 3. The molecular weight excluding hydrogens is 228 g/mol. The van der Waals surface area contributed by atoms with E-state index < -0.39 is 0 Å². The van der Waals surface area contributed by atoms with Crippen molar-refractivity contribution >= 4 is 11.8 Å². The van der Waals surface area contributed by atoms with Crippen molar-refractivity contribution in [3.05, 3.63) is 23.3 Å². The summed E-state index contributed by atoms with van der Waals surface area (Å²) < 4.78 is 5.32. The van der Waals surface area contributed by atoms with Gasteiger partial charge in [0, 0.05) is 6.92 Å². The topological polar surface area (TPSA) is 43.4 Å². The van der Waals surface area contributed by atoms with E-state index in [4.69, 9.17) is 4.74 Å². The molecule has 0 aromatic heterocycles. The van der Waals surface area contributed by atoms with E-state index in [2.05, 4.69) is 13.8 Å². The molecule has 0 heterocycles. The monoisotopic (exact) mass is 250 g/mol. The molecule has 1 aliphatic carbocycles. The van der Waals surface area contributed by atoms with E-state index in [1.54, 1.807) is 6.08 Å². The maximum atomic E-state index is 11.1. The van der Waals surface area contributed by atoms with Gasteiger partial charge in [0.25, 0.3) is 0 Å². The third kappa shape index (κ3) is 3.56. The Morgan fingerprint density at radius 2 is 1.94 bits per heavy atom. The molecule has 0 amide bonds. The number of ether oxygens (including phenoxy) is 1. The van der Waals surface area contributed by atoms with E-state index in [-0.39, 0.29) is 23.3 Å². The molecule has 0 fully saturated rings. The first-order valence-corrected chi connectivity index (χ1v) is 6.31. The van der Waals surface area contributed by atoms with Crippen molar-refractivity contribution in [2.75, 3.05) is 0 Å². The first-order valence-electron chi connectivity index (χ1n) is 6.31. The summed E-state index contributed by atoms with van der Waals surface area (Å²) in [7, 11) is 0. The van der Waals surface area contributed by atoms with Gasteiger partial charge in [-0.05, 0) is 49.3 Å². The van der Waals surface area contributed by atoms with Gasteiger partial charge >= 0.3 is 5.97 Å². The van der Waals surface area contributed by atoms with Crippen LogP contribution in [0.15, 0.2) is 23.3 Å². The Balaban J connectivity index is 3.08. The molecule has 0 unspecified atom stereocenters. The second-order valence-electron chi connectivity index (χ2n) is 5.56. The zero-order valence-corrected chi connectivity index (χ0v) is 11.9. The van der Waals surface area contributed by atoms with Gasteiger partial charge in [0.15, 0.2) is 5.78 Å². The standard InChI is InChI=1S/C15H22O3/c1-10(16)6-7-13-11(2)14(18-12(3)17)8-9-15(13,4)5/h6-7,14H,8-9H2,1-5H3/b7-6+/t14-/m1/s1. The lowest BCUT2D eigenvalue weighted by atomic mass is 9.71. The highest BCUT2D eigenvalue weighted by Gasteiger charge is 2.33. The molecule has 1 aliphatic rings. The lowest BCUT2D eigenvalue weighted by Gasteiger charge is -2.36. The molecule has 0 aromatic rings. The SMILES string of the molecule is CC(=O)/C=C/C1=C(C)[C@H](OC(C)=O)CCC1(C)C. The number of allylic oxidation sites excluding steroid dienone is 3. The Hall–Kier alpha value is -1.38. The smallest absolute Gasteiger partial charge is 0.303 e. The molecule has 0 saturated carbocycles. The summed E-state index contributed by atoms with van der Waals surface area (Å²) in [6.45, 7) is 9.25. The lowest BCUT2D eigenvalue weighted by Crippen LogP contribution is -2.30. The molecular formula is C15H22O3. The van der Waals surface area contributed by atoms with E-state index in [0.717, 1.165) is 24.0 Å². The number of carbonyl (C=O) groups excluding carboxylic acids is 2. The maximum Gasteiger partial charge on any atom is 0.303 e. The molecule has 3 nitrogen and oxygen atoms in total. The van der Waals surface area contributed by atoms with Crippen molar-refractivity contribution in [1.29, 1.82) is 0 Å². The van der Waals surface area contributed by atoms with Gasteiger partial charge in [-0.1, -0.05) is 19.9 Å². The molecule has 100 valence electrons. The van der Waals surface area contributed by atoms with Crippen LogP contribution in [0.2, 0.25) is 0 Å². The number of carbonyl (C=O) groups is 2. The summed E-state index contributed by atoms with van der Waals surface area (Å²) >= 11 is 0. The average Bonchev–Trinajstić information content (AvgIpc) is 2.21. The second kappa shape index (κ2) is 5.51. The summed E-state index contributed by atoms with van der Waals surface area (Å²) in [4.78, 5) is 22.1. The molecule has 18 heavy (non-hydrogen) atoms. The van der Waals surface area contributed by atoms with Crippen LogP contribution >= 0.6 is 0 Å². The molecule has 0 saturated heterocycles. The minimum Gasteiger partial charge on any atom is -0.458 e. The Morgan fingerprint density at radius 3 is 2.44 bits per heavy atom. The van der Waals surface area contributed by atoms with E-state index >= 15 is 0 Å². The highest BCUT2D eigenvalue weighted by Crippen LogP contribution is 2.41. The van der Waals surface area contributed by atoms with Gasteiger partial charge in [-0.3, -0.25) is 9.59 Å². The molecule has 0 spiro atoms. The first kappa shape index (κ1) is 14.7. The van der Waals surface area contributed by atoms with Crippen molar-refractivity contribution < 1.29 is 14.3 Å². The third-order valence-corrected chi connectivity index (χ3v) is 3.46. The highest BCUT2D eigenvalue weighted by molar-refractivity contribution is 5.87. The molecule has 0 bridgehead atoms. The zero-order chi connectivity index (χ0) is 13.9. The number of hydrogen-bond donors (Lipinski definition) is 0. The quantitative estimate of drug-likeness (QED) is 0.570. The van der Waals surface area contributed by atoms with Crippen LogP contribution in [0.1, 0.15) is 47.5 Å². The summed E-state index contributed by atoms with van der Waals surface area (Å²) in [6.07, 6.45) is 5.09. The van der Waals surface area contributed by atoms with Crippen molar-refractivity contribution in [1.82, 2.24) is 0 Å². The molecule has 3 heteroatoms. The largest absolute Gasteiger partial charge is 0.458 e. The summed E-state index contributed by atoms with van der Waals surface area (Å²) in [5, 5.41) is 0. The average molecular weight is 250 g/mol. The highest BCUT2D eigenvalue weighted by atomic mass is 16.5. The first-order chi connectivity index (χ1) is 8.24. The summed E-state index contributed by atoms with van der Waals surface area (Å²) in [5.41, 5.74) is 2.18. The molecule has 0 N–H and O–H groups in total. The van der Waals surface area contributed by atoms with Crippen LogP contribution in [0.25, 0.3) is 0 Å². The molecule has 1 rings (SSSR count). The van der Waals surface area contributed by atoms with Crippen LogP contribution in [0, 0.1) is 5.41 Å². The van der Waals surface area contributed by atoms with Crippen molar-refractivity contribution in [3.63, 3.8) is 0 Å². The van der Waals surface area contributed by atoms with Crippen LogP contribution in [-0.4, -0.2) is 17.9 Å². The van der Waals surface area contributed by atoms with E-state index in [1.807, 2.05) is 13.0 Å². The van der Waals surface area contributed by atoms with Gasteiger partial charge in [0.1, 0.15) is 6.10 Å². The van der Waals surface area contributed by atoms with Crippen molar-refractivity contribution in [2.24, 2.45) is 5.41 Å². The van der Waals surface area contributed by atoms with Gasteiger partial charge in [0.05, 0.1) is 0 Å². The van der Waals surface area contributed by atoms with E-state index in [1.165, 1.54) is 13.8 Å². The molecule has 0 aromatic carbocycles. The van der Waals surface area contributed by atoms with Crippen LogP contribution in [0.5, 0.6) is 0 Å². The fourth-order valence-corrected chi connectivity index (χ4v) is 2.46. The van der Waals surface area contributed by atoms with Crippen LogP contribution < -0.4 is 0 Å². The van der Waals surface area contributed by atoms with Gasteiger partial charge in [0.2, 0.25) is 0 Å². The van der Waals surface area contributed by atoms with Gasteiger partial charge < -0.3 is 4.74 Å². The van der Waals surface area contributed by atoms with Gasteiger partial charge in [-0.15, -0.1) is 0 Å².